The number of benzene rings is 1. The van der Waals surface area contributed by atoms with Crippen LogP contribution in [0.15, 0.2) is 24.3 Å². The minimum Gasteiger partial charge on any atom is -0.478 e. The van der Waals surface area contributed by atoms with Crippen LogP contribution in [0, 0.1) is 5.92 Å². The maximum Gasteiger partial charge on any atom is 0.335 e. The van der Waals surface area contributed by atoms with E-state index in [1.807, 2.05) is 0 Å². The van der Waals surface area contributed by atoms with Gasteiger partial charge in [-0.25, -0.2) is 13.6 Å². The van der Waals surface area contributed by atoms with Gasteiger partial charge in [0, 0.05) is 11.5 Å². The molecule has 0 unspecified atom stereocenters. The summed E-state index contributed by atoms with van der Waals surface area (Å²) in [6, 6.07) is 5.01. The normalized spacial score (nSPS) is 16.4. The van der Waals surface area contributed by atoms with Crippen molar-refractivity contribution >= 4 is 5.97 Å². The summed E-state index contributed by atoms with van der Waals surface area (Å²) in [6.45, 7) is 0. The lowest BCUT2D eigenvalue weighted by molar-refractivity contribution is -0.0285. The highest BCUT2D eigenvalue weighted by molar-refractivity contribution is 5.87. The lowest BCUT2D eigenvalue weighted by Gasteiger charge is -2.15. The molecule has 1 saturated carbocycles. The molecule has 0 atom stereocenters. The van der Waals surface area contributed by atoms with E-state index < -0.39 is 17.8 Å². The largest absolute Gasteiger partial charge is 0.478 e. The highest BCUT2D eigenvalue weighted by Crippen LogP contribution is 2.49. The Morgan fingerprint density at radius 3 is 2.60 bits per heavy atom. The van der Waals surface area contributed by atoms with E-state index in [0.29, 0.717) is 12.8 Å². The summed E-state index contributed by atoms with van der Waals surface area (Å²) >= 11 is 0. The lowest BCUT2D eigenvalue weighted by atomic mass is 10.0. The number of rotatable bonds is 3. The van der Waals surface area contributed by atoms with Crippen LogP contribution in [0.25, 0.3) is 0 Å². The zero-order valence-corrected chi connectivity index (χ0v) is 7.91. The summed E-state index contributed by atoms with van der Waals surface area (Å²) < 4.78 is 27.2. The van der Waals surface area contributed by atoms with Crippen LogP contribution in [-0.4, -0.2) is 11.1 Å². The molecule has 1 fully saturated rings. The molecule has 0 aromatic heterocycles. The van der Waals surface area contributed by atoms with Crippen LogP contribution in [-0.2, 0) is 5.92 Å². The van der Waals surface area contributed by atoms with Crippen LogP contribution in [0.3, 0.4) is 0 Å². The molecule has 1 aromatic rings. The third-order valence-corrected chi connectivity index (χ3v) is 2.58. The number of alkyl halides is 2. The molecule has 80 valence electrons. The zero-order chi connectivity index (χ0) is 11.1. The number of hydrogen-bond acceptors (Lipinski definition) is 1. The van der Waals surface area contributed by atoms with Gasteiger partial charge >= 0.3 is 5.97 Å². The van der Waals surface area contributed by atoms with Crippen molar-refractivity contribution in [3.05, 3.63) is 35.4 Å². The topological polar surface area (TPSA) is 37.3 Å². The van der Waals surface area contributed by atoms with E-state index >= 15 is 0 Å². The summed E-state index contributed by atoms with van der Waals surface area (Å²) in [5.41, 5.74) is -0.280. The highest BCUT2D eigenvalue weighted by Gasteiger charge is 2.47. The first-order valence-corrected chi connectivity index (χ1v) is 4.73. The minimum atomic E-state index is -2.88. The van der Waals surface area contributed by atoms with E-state index in [1.54, 1.807) is 0 Å². The lowest BCUT2D eigenvalue weighted by Crippen LogP contribution is -2.16. The van der Waals surface area contributed by atoms with Crippen LogP contribution >= 0.6 is 0 Å². The molecule has 2 nitrogen and oxygen atoms in total. The van der Waals surface area contributed by atoms with Gasteiger partial charge in [0.1, 0.15) is 0 Å². The Bertz CT molecular complexity index is 397. The Balaban J connectivity index is 2.35. The number of carboxylic acids is 1. The van der Waals surface area contributed by atoms with Gasteiger partial charge in [0.05, 0.1) is 5.56 Å². The third-order valence-electron chi connectivity index (χ3n) is 2.58. The smallest absolute Gasteiger partial charge is 0.335 e. The SMILES string of the molecule is O=C(O)c1cccc(C(F)(F)C2CC2)c1. The number of carbonyl (C=O) groups is 1. The minimum absolute atomic E-state index is 0.0900. The average Bonchev–Trinajstić information content (AvgIpc) is 3.01. The molecule has 4 heteroatoms. The Morgan fingerprint density at radius 2 is 2.07 bits per heavy atom. The number of hydrogen-bond donors (Lipinski definition) is 1. The third kappa shape index (κ3) is 1.84. The summed E-state index contributed by atoms with van der Waals surface area (Å²) in [5.74, 6) is -4.67. The van der Waals surface area contributed by atoms with Gasteiger partial charge in [0.2, 0.25) is 0 Å². The van der Waals surface area contributed by atoms with Crippen molar-refractivity contribution in [2.24, 2.45) is 5.92 Å². The van der Waals surface area contributed by atoms with E-state index in [9.17, 15) is 13.6 Å². The van der Waals surface area contributed by atoms with Crippen molar-refractivity contribution < 1.29 is 18.7 Å². The standard InChI is InChI=1S/C11H10F2O2/c12-11(13,8-4-5-8)9-3-1-2-7(6-9)10(14)15/h1-3,6,8H,4-5H2,(H,14,15). The molecule has 0 aliphatic heterocycles. The number of aromatic carboxylic acids is 1. The molecular weight excluding hydrogens is 202 g/mol. The monoisotopic (exact) mass is 212 g/mol. The molecule has 15 heavy (non-hydrogen) atoms. The van der Waals surface area contributed by atoms with Crippen molar-refractivity contribution in [2.75, 3.05) is 0 Å². The maximum atomic E-state index is 13.6. The van der Waals surface area contributed by atoms with E-state index in [-0.39, 0.29) is 11.1 Å². The predicted octanol–water partition coefficient (Wildman–Crippen LogP) is 2.89. The van der Waals surface area contributed by atoms with Crippen molar-refractivity contribution in [1.82, 2.24) is 0 Å². The fourth-order valence-corrected chi connectivity index (χ4v) is 1.54. The summed E-state index contributed by atoms with van der Waals surface area (Å²) in [7, 11) is 0. The second kappa shape index (κ2) is 3.29. The van der Waals surface area contributed by atoms with Gasteiger partial charge in [-0.1, -0.05) is 12.1 Å². The molecule has 0 bridgehead atoms. The highest BCUT2D eigenvalue weighted by atomic mass is 19.3. The van der Waals surface area contributed by atoms with Gasteiger partial charge in [-0.05, 0) is 25.0 Å². The van der Waals surface area contributed by atoms with E-state index in [1.165, 1.54) is 18.2 Å². The second-order valence-electron chi connectivity index (χ2n) is 3.78. The van der Waals surface area contributed by atoms with Crippen molar-refractivity contribution in [2.45, 2.75) is 18.8 Å². The van der Waals surface area contributed by atoms with Crippen molar-refractivity contribution in [3.8, 4) is 0 Å². The van der Waals surface area contributed by atoms with Crippen LogP contribution in [0.2, 0.25) is 0 Å². The van der Waals surface area contributed by atoms with Gasteiger partial charge in [-0.15, -0.1) is 0 Å². The van der Waals surface area contributed by atoms with Crippen LogP contribution in [0.5, 0.6) is 0 Å². The van der Waals surface area contributed by atoms with E-state index in [0.717, 1.165) is 6.07 Å². The quantitative estimate of drug-likeness (QED) is 0.836. The van der Waals surface area contributed by atoms with Crippen LogP contribution in [0.4, 0.5) is 8.78 Å². The number of halogens is 2. The molecule has 1 aromatic carbocycles. The average molecular weight is 212 g/mol. The molecule has 2 rings (SSSR count). The van der Waals surface area contributed by atoms with E-state index in [2.05, 4.69) is 0 Å². The Kier molecular flexibility index (Phi) is 2.21. The first kappa shape index (κ1) is 10.1. The molecule has 1 aliphatic rings. The Labute approximate surface area is 85.5 Å². The first-order chi connectivity index (χ1) is 7.01. The van der Waals surface area contributed by atoms with Crippen LogP contribution in [0.1, 0.15) is 28.8 Å². The summed E-state index contributed by atoms with van der Waals surface area (Å²) in [5, 5.41) is 8.68. The van der Waals surface area contributed by atoms with Gasteiger partial charge in [0.25, 0.3) is 5.92 Å². The molecule has 0 heterocycles. The molecule has 0 spiro atoms. The predicted molar refractivity (Wildman–Crippen MR) is 50.0 cm³/mol. The van der Waals surface area contributed by atoms with Crippen LogP contribution < -0.4 is 0 Å². The summed E-state index contributed by atoms with van der Waals surface area (Å²) in [6.07, 6.45) is 1.04. The molecule has 0 amide bonds. The van der Waals surface area contributed by atoms with Gasteiger partial charge in [0.15, 0.2) is 0 Å². The van der Waals surface area contributed by atoms with Gasteiger partial charge in [-0.2, -0.15) is 0 Å². The molecule has 0 saturated heterocycles. The van der Waals surface area contributed by atoms with Crippen molar-refractivity contribution in [3.63, 3.8) is 0 Å². The molecule has 1 N–H and O–H groups in total. The molecule has 1 aliphatic carbocycles. The molecular formula is C11H10F2O2. The first-order valence-electron chi connectivity index (χ1n) is 4.73. The maximum absolute atomic E-state index is 13.6. The summed E-state index contributed by atoms with van der Waals surface area (Å²) in [4.78, 5) is 10.6. The van der Waals surface area contributed by atoms with Gasteiger partial charge in [-0.3, -0.25) is 0 Å². The Morgan fingerprint density at radius 1 is 1.40 bits per heavy atom. The van der Waals surface area contributed by atoms with Gasteiger partial charge < -0.3 is 5.11 Å². The number of carboxylic acid groups (broad SMARTS) is 1. The van der Waals surface area contributed by atoms with E-state index in [4.69, 9.17) is 5.11 Å². The fourth-order valence-electron chi connectivity index (χ4n) is 1.54. The zero-order valence-electron chi connectivity index (χ0n) is 7.91. The Hall–Kier alpha value is -1.45. The fraction of sp³-hybridized carbons (Fsp3) is 0.364. The molecule has 0 radical (unpaired) electrons. The van der Waals surface area contributed by atoms with Crippen molar-refractivity contribution in [1.29, 1.82) is 0 Å². The second-order valence-corrected chi connectivity index (χ2v) is 3.78.